The van der Waals surface area contributed by atoms with Gasteiger partial charge in [0.1, 0.15) is 5.75 Å². The van der Waals surface area contributed by atoms with Crippen LogP contribution >= 0.6 is 0 Å². The van der Waals surface area contributed by atoms with Crippen LogP contribution in [0.3, 0.4) is 0 Å². The SMILES string of the molecule is CC1Cc2ccc(OC(F)(F)F)cc2C=NN1C(=O)N(C)c1ccc(N2CCN(C)CC2)cc1. The Balaban J connectivity index is 1.46. The van der Waals surface area contributed by atoms with Crippen LogP contribution in [-0.4, -0.2) is 74.8 Å². The third-order valence-electron chi connectivity index (χ3n) is 6.19. The monoisotopic (exact) mass is 475 g/mol. The van der Waals surface area contributed by atoms with Crippen LogP contribution in [0, 0.1) is 0 Å². The molecule has 0 N–H and O–H groups in total. The molecule has 0 bridgehead atoms. The summed E-state index contributed by atoms with van der Waals surface area (Å²) in [6.45, 7) is 5.80. The number of carbonyl (C=O) groups excluding carboxylic acids is 1. The van der Waals surface area contributed by atoms with Crippen molar-refractivity contribution in [2.75, 3.05) is 50.1 Å². The second-order valence-corrected chi connectivity index (χ2v) is 8.70. The second kappa shape index (κ2) is 9.54. The van der Waals surface area contributed by atoms with Gasteiger partial charge in [-0.15, -0.1) is 13.2 Å². The largest absolute Gasteiger partial charge is 0.573 e. The van der Waals surface area contributed by atoms with Crippen molar-refractivity contribution in [3.05, 3.63) is 53.6 Å². The number of amides is 2. The summed E-state index contributed by atoms with van der Waals surface area (Å²) in [6.07, 6.45) is -2.91. The van der Waals surface area contributed by atoms with Gasteiger partial charge in [0.15, 0.2) is 0 Å². The maximum Gasteiger partial charge on any atom is 0.573 e. The Bertz CT molecular complexity index is 1050. The smallest absolute Gasteiger partial charge is 0.406 e. The minimum absolute atomic E-state index is 0.286. The lowest BCUT2D eigenvalue weighted by atomic mass is 10.0. The van der Waals surface area contributed by atoms with Crippen molar-refractivity contribution in [2.45, 2.75) is 25.7 Å². The normalized spacial score (nSPS) is 18.9. The van der Waals surface area contributed by atoms with Gasteiger partial charge in [0.05, 0.1) is 12.3 Å². The summed E-state index contributed by atoms with van der Waals surface area (Å²) in [5, 5.41) is 5.65. The molecule has 1 atom stereocenters. The number of nitrogens with zero attached hydrogens (tertiary/aromatic N) is 5. The van der Waals surface area contributed by atoms with Crippen molar-refractivity contribution in [3.63, 3.8) is 0 Å². The average Bonchev–Trinajstić information content (AvgIpc) is 2.95. The van der Waals surface area contributed by atoms with Crippen LogP contribution in [-0.2, 0) is 6.42 Å². The molecule has 4 rings (SSSR count). The molecular weight excluding hydrogens is 447 g/mol. The molecule has 0 aromatic heterocycles. The molecule has 2 aromatic carbocycles. The number of halogens is 3. The van der Waals surface area contributed by atoms with E-state index in [9.17, 15) is 18.0 Å². The molecule has 2 heterocycles. The van der Waals surface area contributed by atoms with Gasteiger partial charge in [0, 0.05) is 50.2 Å². The molecule has 7 nitrogen and oxygen atoms in total. The number of benzene rings is 2. The van der Waals surface area contributed by atoms with E-state index in [0.717, 1.165) is 43.1 Å². The number of hydrazone groups is 1. The fraction of sp³-hybridized carbons (Fsp3) is 0.417. The molecule has 1 saturated heterocycles. The van der Waals surface area contributed by atoms with E-state index in [1.54, 1.807) is 13.1 Å². The summed E-state index contributed by atoms with van der Waals surface area (Å²) in [7, 11) is 3.80. The Morgan fingerprint density at radius 1 is 1.09 bits per heavy atom. The van der Waals surface area contributed by atoms with E-state index in [0.29, 0.717) is 12.0 Å². The van der Waals surface area contributed by atoms with Crippen molar-refractivity contribution in [3.8, 4) is 5.75 Å². The standard InChI is InChI=1S/C24H28F3N5O2/c1-17-14-18-4-9-22(34-24(25,26)27)15-19(18)16-28-32(17)23(33)30(3)20-5-7-21(8-6-20)31-12-10-29(2)11-13-31/h4-9,15-17H,10-14H2,1-3H3. The molecule has 34 heavy (non-hydrogen) atoms. The van der Waals surface area contributed by atoms with E-state index in [-0.39, 0.29) is 17.8 Å². The highest BCUT2D eigenvalue weighted by Crippen LogP contribution is 2.28. The van der Waals surface area contributed by atoms with Gasteiger partial charge >= 0.3 is 12.4 Å². The van der Waals surface area contributed by atoms with E-state index >= 15 is 0 Å². The number of alkyl halides is 3. The molecule has 0 radical (unpaired) electrons. The number of anilines is 2. The molecule has 2 aliphatic rings. The zero-order chi connectivity index (χ0) is 24.5. The maximum atomic E-state index is 13.2. The van der Waals surface area contributed by atoms with E-state index in [2.05, 4.69) is 26.7 Å². The average molecular weight is 476 g/mol. The summed E-state index contributed by atoms with van der Waals surface area (Å²) >= 11 is 0. The first-order valence-electron chi connectivity index (χ1n) is 11.1. The molecule has 182 valence electrons. The van der Waals surface area contributed by atoms with Gasteiger partial charge in [0.2, 0.25) is 0 Å². The molecule has 2 aliphatic heterocycles. The predicted molar refractivity (Wildman–Crippen MR) is 126 cm³/mol. The first kappa shape index (κ1) is 23.9. The van der Waals surface area contributed by atoms with Crippen molar-refractivity contribution in [1.29, 1.82) is 0 Å². The number of fused-ring (bicyclic) bond motifs is 1. The van der Waals surface area contributed by atoms with E-state index in [1.165, 1.54) is 28.3 Å². The van der Waals surface area contributed by atoms with Gasteiger partial charge in [-0.05, 0) is 62.4 Å². The van der Waals surface area contributed by atoms with Crippen LogP contribution in [0.1, 0.15) is 18.1 Å². The number of carbonyl (C=O) groups is 1. The molecule has 0 spiro atoms. The molecule has 0 saturated carbocycles. The second-order valence-electron chi connectivity index (χ2n) is 8.70. The first-order chi connectivity index (χ1) is 16.1. The van der Waals surface area contributed by atoms with Gasteiger partial charge in [-0.3, -0.25) is 4.90 Å². The van der Waals surface area contributed by atoms with Crippen molar-refractivity contribution < 1.29 is 22.7 Å². The highest BCUT2D eigenvalue weighted by atomic mass is 19.4. The van der Waals surface area contributed by atoms with Crippen LogP contribution < -0.4 is 14.5 Å². The van der Waals surface area contributed by atoms with Crippen LogP contribution in [0.2, 0.25) is 0 Å². The van der Waals surface area contributed by atoms with Crippen LogP contribution in [0.4, 0.5) is 29.3 Å². The lowest BCUT2D eigenvalue weighted by molar-refractivity contribution is -0.274. The van der Waals surface area contributed by atoms with Crippen molar-refractivity contribution >= 4 is 23.6 Å². The summed E-state index contributed by atoms with van der Waals surface area (Å²) in [6, 6.07) is 11.4. The fourth-order valence-electron chi connectivity index (χ4n) is 4.17. The van der Waals surface area contributed by atoms with Crippen molar-refractivity contribution in [1.82, 2.24) is 9.91 Å². The highest BCUT2D eigenvalue weighted by Gasteiger charge is 2.32. The minimum Gasteiger partial charge on any atom is -0.406 e. The summed E-state index contributed by atoms with van der Waals surface area (Å²) in [5.41, 5.74) is 3.13. The third kappa shape index (κ3) is 5.44. The zero-order valence-corrected chi connectivity index (χ0v) is 19.4. The van der Waals surface area contributed by atoms with Crippen LogP contribution in [0.15, 0.2) is 47.6 Å². The van der Waals surface area contributed by atoms with Crippen LogP contribution in [0.25, 0.3) is 0 Å². The molecule has 1 unspecified atom stereocenters. The number of hydrogen-bond donors (Lipinski definition) is 0. The number of hydrogen-bond acceptors (Lipinski definition) is 5. The number of likely N-dealkylation sites (N-methyl/N-ethyl adjacent to an activating group) is 1. The molecule has 2 amide bonds. The molecular formula is C24H28F3N5O2. The third-order valence-corrected chi connectivity index (χ3v) is 6.19. The maximum absolute atomic E-state index is 13.2. The minimum atomic E-state index is -4.77. The molecule has 10 heteroatoms. The number of piperazine rings is 1. The van der Waals surface area contributed by atoms with Gasteiger partial charge in [-0.25, -0.2) is 9.80 Å². The summed E-state index contributed by atoms with van der Waals surface area (Å²) in [4.78, 5) is 19.4. The summed E-state index contributed by atoms with van der Waals surface area (Å²) < 4.78 is 41.7. The van der Waals surface area contributed by atoms with E-state index in [4.69, 9.17) is 0 Å². The highest BCUT2D eigenvalue weighted by molar-refractivity contribution is 5.93. The molecule has 2 aromatic rings. The van der Waals surface area contributed by atoms with Crippen molar-refractivity contribution in [2.24, 2.45) is 5.10 Å². The number of rotatable bonds is 3. The number of urea groups is 1. The van der Waals surface area contributed by atoms with Gasteiger partial charge < -0.3 is 14.5 Å². The summed E-state index contributed by atoms with van der Waals surface area (Å²) in [5.74, 6) is -0.317. The lowest BCUT2D eigenvalue weighted by Crippen LogP contribution is -2.44. The first-order valence-corrected chi connectivity index (χ1v) is 11.1. The van der Waals surface area contributed by atoms with Gasteiger partial charge in [0.25, 0.3) is 0 Å². The Morgan fingerprint density at radius 2 is 1.76 bits per heavy atom. The predicted octanol–water partition coefficient (Wildman–Crippen LogP) is 4.17. The lowest BCUT2D eigenvalue weighted by Gasteiger charge is -2.34. The Morgan fingerprint density at radius 3 is 2.41 bits per heavy atom. The Kier molecular flexibility index (Phi) is 6.70. The van der Waals surface area contributed by atoms with E-state index < -0.39 is 6.36 Å². The van der Waals surface area contributed by atoms with Gasteiger partial charge in [-0.1, -0.05) is 6.07 Å². The topological polar surface area (TPSA) is 51.6 Å². The number of ether oxygens (including phenoxy) is 1. The fourth-order valence-corrected chi connectivity index (χ4v) is 4.17. The van der Waals surface area contributed by atoms with Crippen LogP contribution in [0.5, 0.6) is 5.75 Å². The Labute approximate surface area is 197 Å². The molecule has 1 fully saturated rings. The van der Waals surface area contributed by atoms with E-state index in [1.807, 2.05) is 31.2 Å². The zero-order valence-electron chi connectivity index (χ0n) is 19.4. The Hall–Kier alpha value is -3.27. The molecule has 0 aliphatic carbocycles. The van der Waals surface area contributed by atoms with Gasteiger partial charge in [-0.2, -0.15) is 5.10 Å². The quantitative estimate of drug-likeness (QED) is 0.669.